The van der Waals surface area contributed by atoms with Crippen LogP contribution in [0, 0.1) is 11.6 Å². The molecule has 0 heterocycles. The molecule has 0 bridgehead atoms. The van der Waals surface area contributed by atoms with Crippen molar-refractivity contribution in [3.8, 4) is 0 Å². The lowest BCUT2D eigenvalue weighted by Gasteiger charge is -2.34. The smallest absolute Gasteiger partial charge is 0.164 e. The molecule has 1 fully saturated rings. The maximum atomic E-state index is 13.7. The monoisotopic (exact) mass is 297 g/mol. The van der Waals surface area contributed by atoms with E-state index in [9.17, 15) is 13.9 Å². The Bertz CT molecular complexity index is 446. The summed E-state index contributed by atoms with van der Waals surface area (Å²) in [6.45, 7) is 3.77. The van der Waals surface area contributed by atoms with Crippen molar-refractivity contribution in [1.82, 2.24) is 4.90 Å². The number of benzene rings is 1. The number of aliphatic hydroxyl groups excluding tert-OH is 1. The van der Waals surface area contributed by atoms with E-state index in [4.69, 9.17) is 0 Å². The van der Waals surface area contributed by atoms with Crippen LogP contribution in [0.2, 0.25) is 0 Å². The van der Waals surface area contributed by atoms with Crippen LogP contribution >= 0.6 is 0 Å². The van der Waals surface area contributed by atoms with E-state index in [1.54, 1.807) is 0 Å². The molecule has 0 saturated heterocycles. The fraction of sp³-hybridized carbons (Fsp3) is 0.647. The summed E-state index contributed by atoms with van der Waals surface area (Å²) >= 11 is 0. The van der Waals surface area contributed by atoms with Gasteiger partial charge in [0.05, 0.1) is 6.10 Å². The molecular formula is C17H25F2NO. The lowest BCUT2D eigenvalue weighted by molar-refractivity contribution is 0.110. The average molecular weight is 297 g/mol. The molecule has 2 nitrogen and oxygen atoms in total. The van der Waals surface area contributed by atoms with Crippen molar-refractivity contribution in [2.24, 2.45) is 0 Å². The molecule has 0 radical (unpaired) electrons. The van der Waals surface area contributed by atoms with Gasteiger partial charge in [-0.3, -0.25) is 0 Å². The Kier molecular flexibility index (Phi) is 6.12. The maximum Gasteiger partial charge on any atom is 0.164 e. The Morgan fingerprint density at radius 1 is 1.24 bits per heavy atom. The van der Waals surface area contributed by atoms with Gasteiger partial charge in [-0.1, -0.05) is 38.3 Å². The van der Waals surface area contributed by atoms with Gasteiger partial charge in [-0.2, -0.15) is 0 Å². The summed E-state index contributed by atoms with van der Waals surface area (Å²) in [5.41, 5.74) is 0.0645. The van der Waals surface area contributed by atoms with E-state index in [1.165, 1.54) is 44.2 Å². The van der Waals surface area contributed by atoms with Gasteiger partial charge < -0.3 is 10.0 Å². The summed E-state index contributed by atoms with van der Waals surface area (Å²) in [4.78, 5) is 2.36. The zero-order chi connectivity index (χ0) is 15.2. The highest BCUT2D eigenvalue weighted by molar-refractivity contribution is 5.21. The molecule has 1 saturated carbocycles. The molecule has 1 atom stereocenters. The summed E-state index contributed by atoms with van der Waals surface area (Å²) in [6.07, 6.45) is 5.75. The molecular weight excluding hydrogens is 272 g/mol. The van der Waals surface area contributed by atoms with Gasteiger partial charge in [0.25, 0.3) is 0 Å². The van der Waals surface area contributed by atoms with E-state index < -0.39 is 17.7 Å². The average Bonchev–Trinajstić information content (AvgIpc) is 2.51. The Morgan fingerprint density at radius 2 is 1.95 bits per heavy atom. The molecule has 118 valence electrons. The van der Waals surface area contributed by atoms with E-state index in [0.29, 0.717) is 12.5 Å². The number of rotatable bonds is 6. The molecule has 1 aliphatic rings. The second-order valence-corrected chi connectivity index (χ2v) is 5.87. The summed E-state index contributed by atoms with van der Waals surface area (Å²) in [6, 6.07) is 4.55. The van der Waals surface area contributed by atoms with E-state index in [0.717, 1.165) is 19.2 Å². The zero-order valence-electron chi connectivity index (χ0n) is 12.7. The molecule has 1 unspecified atom stereocenters. The topological polar surface area (TPSA) is 23.5 Å². The van der Waals surface area contributed by atoms with Crippen molar-refractivity contribution < 1.29 is 13.9 Å². The molecule has 21 heavy (non-hydrogen) atoms. The standard InChI is InChI=1S/C17H25F2NO/c1-2-20(13-7-4-3-5-8-13)12-11-16(21)14-9-6-10-15(18)17(14)19/h6,9-10,13,16,21H,2-5,7-8,11-12H2,1H3. The first-order chi connectivity index (χ1) is 10.1. The van der Waals surface area contributed by atoms with Crippen LogP contribution in [0.15, 0.2) is 18.2 Å². The lowest BCUT2D eigenvalue weighted by Crippen LogP contribution is -2.37. The molecule has 4 heteroatoms. The van der Waals surface area contributed by atoms with Gasteiger partial charge in [-0.05, 0) is 31.9 Å². The molecule has 1 aromatic rings. The molecule has 0 aromatic heterocycles. The summed E-state index contributed by atoms with van der Waals surface area (Å²) in [5.74, 6) is -1.82. The Balaban J connectivity index is 1.92. The van der Waals surface area contributed by atoms with Gasteiger partial charge in [-0.15, -0.1) is 0 Å². The van der Waals surface area contributed by atoms with Gasteiger partial charge in [0.15, 0.2) is 11.6 Å². The summed E-state index contributed by atoms with van der Waals surface area (Å²) in [5, 5.41) is 10.1. The third kappa shape index (κ3) is 4.24. The van der Waals surface area contributed by atoms with E-state index in [1.807, 2.05) is 0 Å². The van der Waals surface area contributed by atoms with Crippen molar-refractivity contribution in [3.63, 3.8) is 0 Å². The Morgan fingerprint density at radius 3 is 2.62 bits per heavy atom. The molecule has 0 spiro atoms. The minimum absolute atomic E-state index is 0.0645. The zero-order valence-corrected chi connectivity index (χ0v) is 12.7. The minimum Gasteiger partial charge on any atom is -0.388 e. The predicted octanol–water partition coefficient (Wildman–Crippen LogP) is 4.04. The van der Waals surface area contributed by atoms with Gasteiger partial charge in [0, 0.05) is 18.2 Å². The summed E-state index contributed by atoms with van der Waals surface area (Å²) < 4.78 is 26.9. The third-order valence-electron chi connectivity index (χ3n) is 4.53. The number of halogens is 2. The van der Waals surface area contributed by atoms with Crippen molar-refractivity contribution in [2.45, 2.75) is 57.6 Å². The predicted molar refractivity (Wildman–Crippen MR) is 80.1 cm³/mol. The largest absolute Gasteiger partial charge is 0.388 e. The van der Waals surface area contributed by atoms with Crippen LogP contribution in [0.3, 0.4) is 0 Å². The maximum absolute atomic E-state index is 13.7. The van der Waals surface area contributed by atoms with E-state index >= 15 is 0 Å². The second-order valence-electron chi connectivity index (χ2n) is 5.87. The fourth-order valence-electron chi connectivity index (χ4n) is 3.27. The Labute approximate surface area is 125 Å². The number of nitrogens with zero attached hydrogens (tertiary/aromatic N) is 1. The highest BCUT2D eigenvalue weighted by Crippen LogP contribution is 2.25. The van der Waals surface area contributed by atoms with Crippen LogP contribution in [0.5, 0.6) is 0 Å². The van der Waals surface area contributed by atoms with Crippen molar-refractivity contribution in [2.75, 3.05) is 13.1 Å². The lowest BCUT2D eigenvalue weighted by atomic mass is 9.94. The van der Waals surface area contributed by atoms with Crippen LogP contribution in [0.25, 0.3) is 0 Å². The SMILES string of the molecule is CCN(CCC(O)c1cccc(F)c1F)C1CCCCC1. The van der Waals surface area contributed by atoms with Crippen molar-refractivity contribution in [1.29, 1.82) is 0 Å². The van der Waals surface area contributed by atoms with Crippen LogP contribution in [-0.2, 0) is 0 Å². The van der Waals surface area contributed by atoms with Gasteiger partial charge in [0.2, 0.25) is 0 Å². The normalized spacial score (nSPS) is 18.1. The number of hydrogen-bond donors (Lipinski definition) is 1. The van der Waals surface area contributed by atoms with E-state index in [2.05, 4.69) is 11.8 Å². The van der Waals surface area contributed by atoms with Crippen molar-refractivity contribution in [3.05, 3.63) is 35.4 Å². The highest BCUT2D eigenvalue weighted by atomic mass is 19.2. The molecule has 1 N–H and O–H groups in total. The first-order valence-electron chi connectivity index (χ1n) is 7.99. The molecule has 0 amide bonds. The van der Waals surface area contributed by atoms with E-state index in [-0.39, 0.29) is 5.56 Å². The quantitative estimate of drug-likeness (QED) is 0.856. The summed E-state index contributed by atoms with van der Waals surface area (Å²) in [7, 11) is 0. The number of hydrogen-bond acceptors (Lipinski definition) is 2. The first-order valence-corrected chi connectivity index (χ1v) is 7.99. The van der Waals surface area contributed by atoms with Crippen molar-refractivity contribution >= 4 is 0 Å². The second kappa shape index (κ2) is 7.85. The van der Waals surface area contributed by atoms with Crippen LogP contribution in [-0.4, -0.2) is 29.1 Å². The molecule has 2 rings (SSSR count). The van der Waals surface area contributed by atoms with Gasteiger partial charge >= 0.3 is 0 Å². The number of aliphatic hydroxyl groups is 1. The minimum atomic E-state index is -0.946. The molecule has 0 aliphatic heterocycles. The first kappa shape index (κ1) is 16.4. The molecule has 1 aromatic carbocycles. The highest BCUT2D eigenvalue weighted by Gasteiger charge is 2.22. The third-order valence-corrected chi connectivity index (χ3v) is 4.53. The molecule has 1 aliphatic carbocycles. The van der Waals surface area contributed by atoms with Crippen LogP contribution in [0.1, 0.15) is 57.1 Å². The fourth-order valence-corrected chi connectivity index (χ4v) is 3.27. The van der Waals surface area contributed by atoms with Crippen LogP contribution < -0.4 is 0 Å². The van der Waals surface area contributed by atoms with Gasteiger partial charge in [-0.25, -0.2) is 8.78 Å². The van der Waals surface area contributed by atoms with Gasteiger partial charge in [0.1, 0.15) is 0 Å². The Hall–Kier alpha value is -1.00. The van der Waals surface area contributed by atoms with Crippen LogP contribution in [0.4, 0.5) is 8.78 Å².